The van der Waals surface area contributed by atoms with Crippen LogP contribution in [0.5, 0.6) is 5.75 Å². The lowest BCUT2D eigenvalue weighted by Gasteiger charge is -2.24. The molecule has 5 N–H and O–H groups in total. The summed E-state index contributed by atoms with van der Waals surface area (Å²) in [5, 5.41) is 19.5. The molecule has 59 heavy (non-hydrogen) atoms. The van der Waals surface area contributed by atoms with Crippen molar-refractivity contribution in [2.75, 3.05) is 13.2 Å². The highest BCUT2D eigenvalue weighted by Crippen LogP contribution is 2.21. The predicted octanol–water partition coefficient (Wildman–Crippen LogP) is 6.49. The Balaban J connectivity index is 1.19. The number of aromatic amines is 1. The first-order chi connectivity index (χ1) is 28.7. The normalized spacial score (nSPS) is 12.9. The number of rotatable bonds is 23. The fourth-order valence-electron chi connectivity index (χ4n) is 6.51. The summed E-state index contributed by atoms with van der Waals surface area (Å²) >= 11 is 0. The minimum Gasteiger partial charge on any atom is -0.489 e. The molecule has 4 aromatic carbocycles. The highest BCUT2D eigenvalue weighted by molar-refractivity contribution is 5.87. The number of hydrogen-bond donors (Lipinski definition) is 5. The first kappa shape index (κ1) is 43.5. The maximum absolute atomic E-state index is 13.9. The lowest BCUT2D eigenvalue weighted by molar-refractivity contribution is -0.147. The third-order valence-electron chi connectivity index (χ3n) is 9.60. The number of fused-ring (bicyclic) bond motifs is 1. The van der Waals surface area contributed by atoms with Gasteiger partial charge < -0.3 is 40.3 Å². The Labute approximate surface area is 344 Å². The molecule has 0 spiro atoms. The van der Waals surface area contributed by atoms with Crippen molar-refractivity contribution < 1.29 is 38.5 Å². The van der Waals surface area contributed by atoms with E-state index < -0.39 is 47.9 Å². The molecule has 12 heteroatoms. The summed E-state index contributed by atoms with van der Waals surface area (Å²) in [5.74, 6) is -1.68. The van der Waals surface area contributed by atoms with Crippen LogP contribution in [0.4, 0.5) is 4.79 Å². The van der Waals surface area contributed by atoms with Crippen LogP contribution in [0.2, 0.25) is 0 Å². The van der Waals surface area contributed by atoms with Gasteiger partial charge in [-0.3, -0.25) is 9.59 Å². The van der Waals surface area contributed by atoms with Crippen molar-refractivity contribution in [1.82, 2.24) is 20.9 Å². The second kappa shape index (κ2) is 22.9. The molecule has 5 aromatic rings. The smallest absolute Gasteiger partial charge is 0.408 e. The van der Waals surface area contributed by atoms with Gasteiger partial charge in [-0.1, -0.05) is 103 Å². The van der Waals surface area contributed by atoms with E-state index in [9.17, 15) is 24.3 Å². The van der Waals surface area contributed by atoms with Gasteiger partial charge in [0.05, 0.1) is 24.6 Å². The average Bonchev–Trinajstić information content (AvgIpc) is 3.67. The Kier molecular flexibility index (Phi) is 16.9. The van der Waals surface area contributed by atoms with Crippen LogP contribution in [0, 0.1) is 5.92 Å². The molecule has 12 nitrogen and oxygen atoms in total. The number of aliphatic hydroxyl groups is 1. The van der Waals surface area contributed by atoms with E-state index in [1.54, 1.807) is 6.08 Å². The number of alkyl carbamates (subject to hydrolysis) is 1. The van der Waals surface area contributed by atoms with Crippen LogP contribution in [-0.4, -0.2) is 65.3 Å². The zero-order valence-electron chi connectivity index (χ0n) is 33.0. The number of aliphatic hydroxyl groups excluding tert-OH is 1. The topological polar surface area (TPSA) is 168 Å². The van der Waals surface area contributed by atoms with Crippen molar-refractivity contribution in [1.29, 1.82) is 0 Å². The van der Waals surface area contributed by atoms with E-state index >= 15 is 0 Å². The van der Waals surface area contributed by atoms with Crippen LogP contribution in [0.1, 0.15) is 41.5 Å². The van der Waals surface area contributed by atoms with Gasteiger partial charge in [0.2, 0.25) is 11.8 Å². The molecular formula is C47H52N4O8. The fourth-order valence-corrected chi connectivity index (χ4v) is 6.51. The summed E-state index contributed by atoms with van der Waals surface area (Å²) in [6.07, 6.45) is 4.86. The number of allylic oxidation sites excluding steroid dienone is 1. The Bertz CT molecular complexity index is 2120. The van der Waals surface area contributed by atoms with E-state index in [1.807, 2.05) is 115 Å². The number of amides is 3. The van der Waals surface area contributed by atoms with Crippen LogP contribution < -0.4 is 20.7 Å². The van der Waals surface area contributed by atoms with Crippen LogP contribution in [0.15, 0.2) is 141 Å². The second-order valence-corrected chi connectivity index (χ2v) is 14.2. The van der Waals surface area contributed by atoms with Crippen LogP contribution in [0.3, 0.4) is 0 Å². The predicted molar refractivity (Wildman–Crippen MR) is 226 cm³/mol. The number of hydrogen-bond acceptors (Lipinski definition) is 8. The molecule has 0 radical (unpaired) electrons. The number of H-pyrrole nitrogens is 1. The Morgan fingerprint density at radius 1 is 0.695 bits per heavy atom. The molecule has 1 heterocycles. The molecule has 0 saturated heterocycles. The van der Waals surface area contributed by atoms with E-state index in [0.717, 1.165) is 33.2 Å². The van der Waals surface area contributed by atoms with Crippen molar-refractivity contribution in [3.05, 3.63) is 163 Å². The minimum atomic E-state index is -1.08. The number of nitrogens with one attached hydrogen (secondary N) is 4. The molecule has 0 aliphatic carbocycles. The monoisotopic (exact) mass is 800 g/mol. The molecule has 0 fully saturated rings. The first-order valence-corrected chi connectivity index (χ1v) is 19.6. The number of carbonyl (C=O) groups is 4. The maximum Gasteiger partial charge on any atom is 0.408 e. The van der Waals surface area contributed by atoms with Gasteiger partial charge in [-0.2, -0.15) is 0 Å². The lowest BCUT2D eigenvalue weighted by Crippen LogP contribution is -2.47. The zero-order valence-corrected chi connectivity index (χ0v) is 33.0. The van der Waals surface area contributed by atoms with E-state index in [4.69, 9.17) is 14.2 Å². The Morgan fingerprint density at radius 2 is 1.36 bits per heavy atom. The van der Waals surface area contributed by atoms with Crippen LogP contribution in [0.25, 0.3) is 10.9 Å². The Hall–Kier alpha value is -6.66. The summed E-state index contributed by atoms with van der Waals surface area (Å²) < 4.78 is 16.9. The molecule has 0 aliphatic heterocycles. The van der Waals surface area contributed by atoms with Gasteiger partial charge in [0.1, 0.15) is 31.6 Å². The fraction of sp³-hybridized carbons (Fsp3) is 0.277. The highest BCUT2D eigenvalue weighted by Gasteiger charge is 2.28. The maximum atomic E-state index is 13.9. The SMILES string of the molecule is C=CC[C@H](CC(=O)N[C@H](CO)Cc1ccc(OCc2ccccc2)cc1)C(=O)N[C@H](COC(=O)[C@@H](CC=C)NC(=O)OCc1ccccc1)Cc1c[nH]c2ccccc12. The van der Waals surface area contributed by atoms with Crippen LogP contribution in [-0.2, 0) is 49.9 Å². The molecule has 1 aromatic heterocycles. The lowest BCUT2D eigenvalue weighted by atomic mass is 9.97. The van der Waals surface area contributed by atoms with E-state index in [-0.39, 0.29) is 45.5 Å². The molecule has 3 amide bonds. The van der Waals surface area contributed by atoms with Gasteiger partial charge in [0, 0.05) is 23.5 Å². The number of benzene rings is 4. The standard InChI is InChI=1S/C47H52N4O8/c1-3-13-36(27-44(53)49-38(29-52)25-33-21-23-40(24-22-33)57-30-34-15-7-5-8-16-34)45(54)50-39(26-37-28-48-42-20-12-11-19-41(37)42)32-58-46(55)43(14-4-2)51-47(56)59-31-35-17-9-6-10-18-35/h3-12,15-24,28,36,38-39,43,48,52H,1-2,13-14,25-27,29-32H2,(H,49,53)(H,50,54)(H,51,56)/t36-,38+,39+,43-/m1/s1. The van der Waals surface area contributed by atoms with Gasteiger partial charge >= 0.3 is 12.1 Å². The summed E-state index contributed by atoms with van der Waals surface area (Å²) in [5.41, 5.74) is 4.51. The summed E-state index contributed by atoms with van der Waals surface area (Å²) in [4.78, 5) is 56.4. The molecule has 0 saturated carbocycles. The molecule has 0 bridgehead atoms. The van der Waals surface area contributed by atoms with Gasteiger partial charge in [0.25, 0.3) is 0 Å². The van der Waals surface area contributed by atoms with Crippen molar-refractivity contribution in [2.24, 2.45) is 5.92 Å². The zero-order chi connectivity index (χ0) is 41.8. The van der Waals surface area contributed by atoms with E-state index in [1.165, 1.54) is 6.08 Å². The number of esters is 1. The third-order valence-corrected chi connectivity index (χ3v) is 9.60. The molecule has 0 unspecified atom stereocenters. The largest absolute Gasteiger partial charge is 0.489 e. The number of para-hydroxylation sites is 1. The molecule has 5 rings (SSSR count). The van der Waals surface area contributed by atoms with Crippen LogP contribution >= 0.6 is 0 Å². The quantitative estimate of drug-likeness (QED) is 0.0369. The Morgan fingerprint density at radius 3 is 2.03 bits per heavy atom. The van der Waals surface area contributed by atoms with Crippen molar-refractivity contribution in [3.63, 3.8) is 0 Å². The second-order valence-electron chi connectivity index (χ2n) is 14.2. The van der Waals surface area contributed by atoms with E-state index in [0.29, 0.717) is 18.8 Å². The first-order valence-electron chi connectivity index (χ1n) is 19.6. The summed E-state index contributed by atoms with van der Waals surface area (Å²) in [7, 11) is 0. The summed E-state index contributed by atoms with van der Waals surface area (Å²) in [6.45, 7) is 7.42. The van der Waals surface area contributed by atoms with Gasteiger partial charge in [-0.15, -0.1) is 13.2 Å². The van der Waals surface area contributed by atoms with Gasteiger partial charge in [-0.05, 0) is 66.1 Å². The third kappa shape index (κ3) is 14.0. The minimum absolute atomic E-state index is 0.0192. The molecular weight excluding hydrogens is 749 g/mol. The highest BCUT2D eigenvalue weighted by atomic mass is 16.6. The van der Waals surface area contributed by atoms with Crippen molar-refractivity contribution >= 4 is 34.8 Å². The summed E-state index contributed by atoms with van der Waals surface area (Å²) in [6, 6.07) is 31.8. The number of ether oxygens (including phenoxy) is 3. The number of aromatic nitrogens is 1. The van der Waals surface area contributed by atoms with Gasteiger partial charge in [0.15, 0.2) is 0 Å². The van der Waals surface area contributed by atoms with Crippen molar-refractivity contribution in [3.8, 4) is 5.75 Å². The number of carbonyl (C=O) groups excluding carboxylic acids is 4. The average molecular weight is 801 g/mol. The van der Waals surface area contributed by atoms with Gasteiger partial charge in [-0.25, -0.2) is 9.59 Å². The molecule has 4 atom stereocenters. The molecule has 0 aliphatic rings. The molecule has 308 valence electrons. The van der Waals surface area contributed by atoms with E-state index in [2.05, 4.69) is 34.1 Å². The van der Waals surface area contributed by atoms with Crippen molar-refractivity contribution in [2.45, 2.75) is 63.4 Å².